The third-order valence-electron chi connectivity index (χ3n) is 4.27. The lowest BCUT2D eigenvalue weighted by atomic mass is 10.1. The number of nitrogens with one attached hydrogen (secondary N) is 1. The lowest BCUT2D eigenvalue weighted by molar-refractivity contribution is -0.117. The molecule has 144 valence electrons. The molecule has 0 radical (unpaired) electrons. The molecule has 0 fully saturated rings. The largest absolute Gasteiger partial charge is 0.493 e. The van der Waals surface area contributed by atoms with E-state index in [9.17, 15) is 9.59 Å². The number of carbonyl (C=O) groups excluding carboxylic acids is 2. The molecule has 2 aromatic carbocycles. The van der Waals surface area contributed by atoms with Gasteiger partial charge in [-0.1, -0.05) is 0 Å². The number of ether oxygens (including phenoxy) is 2. The molecule has 0 unspecified atom stereocenters. The lowest BCUT2D eigenvalue weighted by Gasteiger charge is -2.19. The molecule has 6 heteroatoms. The van der Waals surface area contributed by atoms with Gasteiger partial charge in [0.1, 0.15) is 0 Å². The molecule has 1 amide bonds. The van der Waals surface area contributed by atoms with Crippen molar-refractivity contribution in [3.05, 3.63) is 53.1 Å². The molecular formula is C21H26N2O4. The highest BCUT2D eigenvalue weighted by Crippen LogP contribution is 2.30. The average molecular weight is 370 g/mol. The van der Waals surface area contributed by atoms with E-state index in [1.165, 1.54) is 6.92 Å². The Kier molecular flexibility index (Phi) is 6.96. The van der Waals surface area contributed by atoms with E-state index in [-0.39, 0.29) is 18.2 Å². The maximum atomic E-state index is 12.3. The van der Waals surface area contributed by atoms with Crippen LogP contribution in [0.3, 0.4) is 0 Å². The van der Waals surface area contributed by atoms with E-state index in [4.69, 9.17) is 9.47 Å². The summed E-state index contributed by atoms with van der Waals surface area (Å²) in [6.45, 7) is 4.35. The Bertz CT molecular complexity index is 816. The number of nitrogens with zero attached hydrogens (tertiary/aromatic N) is 1. The molecule has 0 saturated carbocycles. The Labute approximate surface area is 160 Å². The SMILES string of the molecule is COc1cc(C)c(CN(C)CC(=O)Nc2ccc(C(C)=O)cc2)cc1OC. The zero-order valence-electron chi connectivity index (χ0n) is 16.5. The standard InChI is InChI=1S/C21H26N2O4/c1-14-10-19(26-4)20(27-5)11-17(14)12-23(3)13-21(25)22-18-8-6-16(7-9-18)15(2)24/h6-11H,12-13H2,1-5H3,(H,22,25). The molecule has 6 nitrogen and oxygen atoms in total. The fraction of sp³-hybridized carbons (Fsp3) is 0.333. The number of hydrogen-bond acceptors (Lipinski definition) is 5. The molecule has 27 heavy (non-hydrogen) atoms. The van der Waals surface area contributed by atoms with Crippen LogP contribution in [-0.4, -0.2) is 44.4 Å². The summed E-state index contributed by atoms with van der Waals surface area (Å²) >= 11 is 0. The third-order valence-corrected chi connectivity index (χ3v) is 4.27. The highest BCUT2D eigenvalue weighted by atomic mass is 16.5. The predicted octanol–water partition coefficient (Wildman–Crippen LogP) is 3.29. The minimum Gasteiger partial charge on any atom is -0.493 e. The van der Waals surface area contributed by atoms with E-state index in [0.717, 1.165) is 11.1 Å². The first-order valence-corrected chi connectivity index (χ1v) is 8.65. The van der Waals surface area contributed by atoms with Crippen LogP contribution in [0.15, 0.2) is 36.4 Å². The summed E-state index contributed by atoms with van der Waals surface area (Å²) in [6.07, 6.45) is 0. The van der Waals surface area contributed by atoms with E-state index < -0.39 is 0 Å². The average Bonchev–Trinajstić information content (AvgIpc) is 2.63. The van der Waals surface area contributed by atoms with Gasteiger partial charge in [0, 0.05) is 17.8 Å². The van der Waals surface area contributed by atoms with Gasteiger partial charge < -0.3 is 14.8 Å². The van der Waals surface area contributed by atoms with Gasteiger partial charge in [-0.3, -0.25) is 14.5 Å². The van der Waals surface area contributed by atoms with Crippen molar-refractivity contribution in [3.63, 3.8) is 0 Å². The maximum absolute atomic E-state index is 12.3. The van der Waals surface area contributed by atoms with E-state index in [2.05, 4.69) is 5.32 Å². The number of methoxy groups -OCH3 is 2. The summed E-state index contributed by atoms with van der Waals surface area (Å²) in [5, 5.41) is 2.84. The summed E-state index contributed by atoms with van der Waals surface area (Å²) in [4.78, 5) is 25.5. The number of amides is 1. The number of ketones is 1. The number of aryl methyl sites for hydroxylation is 1. The van der Waals surface area contributed by atoms with Crippen molar-refractivity contribution in [2.24, 2.45) is 0 Å². The molecule has 0 heterocycles. The summed E-state index contributed by atoms with van der Waals surface area (Å²) in [6, 6.07) is 10.7. The molecule has 0 saturated heterocycles. The minimum atomic E-state index is -0.119. The van der Waals surface area contributed by atoms with Crippen molar-refractivity contribution in [2.45, 2.75) is 20.4 Å². The van der Waals surface area contributed by atoms with Crippen molar-refractivity contribution >= 4 is 17.4 Å². The molecule has 0 bridgehead atoms. The Morgan fingerprint density at radius 3 is 2.19 bits per heavy atom. The van der Waals surface area contributed by atoms with Crippen LogP contribution in [-0.2, 0) is 11.3 Å². The second-order valence-corrected chi connectivity index (χ2v) is 6.49. The van der Waals surface area contributed by atoms with Crippen LogP contribution in [0.25, 0.3) is 0 Å². The van der Waals surface area contributed by atoms with Crippen molar-refractivity contribution in [3.8, 4) is 11.5 Å². The van der Waals surface area contributed by atoms with Crippen molar-refractivity contribution < 1.29 is 19.1 Å². The quantitative estimate of drug-likeness (QED) is 0.722. The number of hydrogen-bond donors (Lipinski definition) is 1. The first kappa shape index (κ1) is 20.5. The third kappa shape index (κ3) is 5.56. The first-order valence-electron chi connectivity index (χ1n) is 8.65. The van der Waals surface area contributed by atoms with E-state index in [1.54, 1.807) is 38.5 Å². The van der Waals surface area contributed by atoms with Crippen LogP contribution in [0.5, 0.6) is 11.5 Å². The Hall–Kier alpha value is -2.86. The second kappa shape index (κ2) is 9.19. The molecule has 0 aromatic heterocycles. The van der Waals surface area contributed by atoms with E-state index >= 15 is 0 Å². The number of likely N-dealkylation sites (N-methyl/N-ethyl adjacent to an activating group) is 1. The van der Waals surface area contributed by atoms with Gasteiger partial charge in [0.15, 0.2) is 17.3 Å². The second-order valence-electron chi connectivity index (χ2n) is 6.49. The number of carbonyl (C=O) groups is 2. The van der Waals surface area contributed by atoms with Crippen LogP contribution < -0.4 is 14.8 Å². The molecule has 0 spiro atoms. The summed E-state index contributed by atoms with van der Waals surface area (Å²) in [7, 11) is 5.09. The van der Waals surface area contributed by atoms with E-state index in [0.29, 0.717) is 29.3 Å². The van der Waals surface area contributed by atoms with Gasteiger partial charge in [-0.05, 0) is 68.4 Å². The first-order chi connectivity index (χ1) is 12.8. The van der Waals surface area contributed by atoms with Gasteiger partial charge in [-0.2, -0.15) is 0 Å². The summed E-state index contributed by atoms with van der Waals surface area (Å²) < 4.78 is 10.7. The highest BCUT2D eigenvalue weighted by molar-refractivity contribution is 5.96. The van der Waals surface area contributed by atoms with Crippen LogP contribution in [0.1, 0.15) is 28.4 Å². The zero-order valence-corrected chi connectivity index (χ0v) is 16.5. The molecule has 0 aliphatic heterocycles. The monoisotopic (exact) mass is 370 g/mol. The zero-order chi connectivity index (χ0) is 20.0. The minimum absolute atomic E-state index is 0.00194. The molecule has 0 atom stereocenters. The molecule has 0 aliphatic carbocycles. The summed E-state index contributed by atoms with van der Waals surface area (Å²) in [5.41, 5.74) is 3.42. The number of benzene rings is 2. The van der Waals surface area contributed by atoms with Crippen molar-refractivity contribution in [1.29, 1.82) is 0 Å². The van der Waals surface area contributed by atoms with Gasteiger partial charge in [-0.15, -0.1) is 0 Å². The number of rotatable bonds is 8. The Balaban J connectivity index is 1.97. The van der Waals surface area contributed by atoms with E-state index in [1.807, 2.05) is 31.0 Å². The van der Waals surface area contributed by atoms with Gasteiger partial charge in [0.25, 0.3) is 0 Å². The summed E-state index contributed by atoms with van der Waals surface area (Å²) in [5.74, 6) is 1.23. The highest BCUT2D eigenvalue weighted by Gasteiger charge is 2.13. The van der Waals surface area contributed by atoms with Crippen LogP contribution >= 0.6 is 0 Å². The van der Waals surface area contributed by atoms with Crippen molar-refractivity contribution in [1.82, 2.24) is 4.90 Å². The number of anilines is 1. The maximum Gasteiger partial charge on any atom is 0.238 e. The fourth-order valence-electron chi connectivity index (χ4n) is 2.77. The Morgan fingerprint density at radius 1 is 1.04 bits per heavy atom. The predicted molar refractivity (Wildman–Crippen MR) is 106 cm³/mol. The molecular weight excluding hydrogens is 344 g/mol. The van der Waals surface area contributed by atoms with Gasteiger partial charge >= 0.3 is 0 Å². The van der Waals surface area contributed by atoms with Gasteiger partial charge in [-0.25, -0.2) is 0 Å². The van der Waals surface area contributed by atoms with Crippen LogP contribution in [0, 0.1) is 6.92 Å². The fourth-order valence-corrected chi connectivity index (χ4v) is 2.77. The molecule has 0 aliphatic rings. The van der Waals surface area contributed by atoms with Gasteiger partial charge in [0.05, 0.1) is 20.8 Å². The normalized spacial score (nSPS) is 10.6. The molecule has 2 rings (SSSR count). The lowest BCUT2D eigenvalue weighted by Crippen LogP contribution is -2.30. The van der Waals surface area contributed by atoms with Gasteiger partial charge in [0.2, 0.25) is 5.91 Å². The molecule has 1 N–H and O–H groups in total. The van der Waals surface area contributed by atoms with Crippen LogP contribution in [0.2, 0.25) is 0 Å². The van der Waals surface area contributed by atoms with Crippen molar-refractivity contribution in [2.75, 3.05) is 33.1 Å². The topological polar surface area (TPSA) is 67.9 Å². The number of Topliss-reactive ketones (excluding diaryl/α,β-unsaturated/α-hetero) is 1. The smallest absolute Gasteiger partial charge is 0.238 e. The molecule has 2 aromatic rings. The van der Waals surface area contributed by atoms with Crippen LogP contribution in [0.4, 0.5) is 5.69 Å². The Morgan fingerprint density at radius 2 is 1.63 bits per heavy atom.